The largest absolute Gasteiger partial charge is 0.355 e. The van der Waals surface area contributed by atoms with Crippen LogP contribution in [0.1, 0.15) is 6.42 Å². The van der Waals surface area contributed by atoms with Gasteiger partial charge in [0.25, 0.3) is 0 Å². The third-order valence-electron chi connectivity index (χ3n) is 4.55. The number of nitrogens with zero attached hydrogens (tertiary/aromatic N) is 2. The Balaban J connectivity index is 0.00000225. The Morgan fingerprint density at radius 1 is 1.32 bits per heavy atom. The quantitative estimate of drug-likeness (QED) is 0.736. The molecule has 0 saturated carbocycles. The lowest BCUT2D eigenvalue weighted by atomic mass is 10.1. The molecule has 1 atom stereocenters. The van der Waals surface area contributed by atoms with E-state index < -0.39 is 0 Å². The summed E-state index contributed by atoms with van der Waals surface area (Å²) in [7, 11) is 0. The minimum Gasteiger partial charge on any atom is -0.355 e. The van der Waals surface area contributed by atoms with Crippen LogP contribution in [0.15, 0.2) is 28.7 Å². The number of rotatable bonds is 5. The summed E-state index contributed by atoms with van der Waals surface area (Å²) < 4.78 is 0.928. The van der Waals surface area contributed by atoms with Crippen molar-refractivity contribution >= 4 is 45.8 Å². The van der Waals surface area contributed by atoms with E-state index in [-0.39, 0.29) is 36.6 Å². The molecule has 0 bridgehead atoms. The Labute approximate surface area is 162 Å². The van der Waals surface area contributed by atoms with Crippen LogP contribution in [-0.2, 0) is 9.59 Å². The average Bonchev–Trinajstić information content (AvgIpc) is 2.98. The summed E-state index contributed by atoms with van der Waals surface area (Å²) in [5, 5.41) is 6.30. The van der Waals surface area contributed by atoms with Crippen LogP contribution in [0.5, 0.6) is 0 Å². The van der Waals surface area contributed by atoms with Crippen LogP contribution < -0.4 is 15.5 Å². The fourth-order valence-corrected chi connectivity index (χ4v) is 3.58. The molecular formula is C17H24BrClN4O2. The maximum Gasteiger partial charge on any atom is 0.227 e. The van der Waals surface area contributed by atoms with Gasteiger partial charge in [0, 0.05) is 62.4 Å². The van der Waals surface area contributed by atoms with Gasteiger partial charge in [-0.2, -0.15) is 0 Å². The van der Waals surface area contributed by atoms with Crippen LogP contribution in [0, 0.1) is 5.92 Å². The minimum atomic E-state index is -0.264. The highest BCUT2D eigenvalue weighted by Crippen LogP contribution is 2.27. The van der Waals surface area contributed by atoms with Crippen molar-refractivity contribution < 1.29 is 9.59 Å². The van der Waals surface area contributed by atoms with Crippen LogP contribution in [0.4, 0.5) is 5.69 Å². The molecule has 3 rings (SSSR count). The van der Waals surface area contributed by atoms with E-state index in [1.807, 2.05) is 24.3 Å². The fraction of sp³-hybridized carbons (Fsp3) is 0.529. The van der Waals surface area contributed by atoms with Gasteiger partial charge in [-0.15, -0.1) is 12.4 Å². The van der Waals surface area contributed by atoms with E-state index in [2.05, 4.69) is 31.5 Å². The van der Waals surface area contributed by atoms with Crippen LogP contribution in [0.2, 0.25) is 0 Å². The van der Waals surface area contributed by atoms with Gasteiger partial charge in [-0.3, -0.25) is 14.5 Å². The molecular weight excluding hydrogens is 408 g/mol. The molecule has 0 aromatic heterocycles. The molecule has 0 aliphatic carbocycles. The Kier molecular flexibility index (Phi) is 7.68. The second-order valence-corrected chi connectivity index (χ2v) is 7.18. The highest BCUT2D eigenvalue weighted by atomic mass is 79.9. The summed E-state index contributed by atoms with van der Waals surface area (Å²) in [5.74, 6) is -0.272. The number of piperazine rings is 1. The molecule has 0 spiro atoms. The van der Waals surface area contributed by atoms with E-state index >= 15 is 0 Å². The van der Waals surface area contributed by atoms with Crippen LogP contribution in [-0.4, -0.2) is 62.5 Å². The molecule has 0 radical (unpaired) electrons. The maximum absolute atomic E-state index is 12.3. The molecule has 2 aliphatic heterocycles. The number of hydrogen-bond acceptors (Lipinski definition) is 4. The molecule has 2 amide bonds. The number of benzene rings is 1. The number of anilines is 1. The normalized spacial score (nSPS) is 21.1. The van der Waals surface area contributed by atoms with Gasteiger partial charge in [-0.25, -0.2) is 0 Å². The standard InChI is InChI=1S/C17H23BrN4O2.ClH/c18-14-2-1-3-15(11-14)22-12-13(10-16(22)23)17(24)20-6-9-21-7-4-19-5-8-21;/h1-3,11,13,19H,4-10,12H2,(H,20,24);1H. The zero-order valence-electron chi connectivity index (χ0n) is 14.0. The van der Waals surface area contributed by atoms with E-state index in [9.17, 15) is 9.59 Å². The molecule has 1 unspecified atom stereocenters. The zero-order valence-corrected chi connectivity index (χ0v) is 16.4. The molecule has 25 heavy (non-hydrogen) atoms. The molecule has 2 N–H and O–H groups in total. The van der Waals surface area contributed by atoms with Crippen LogP contribution in [0.3, 0.4) is 0 Å². The van der Waals surface area contributed by atoms with Gasteiger partial charge in [0.05, 0.1) is 5.92 Å². The van der Waals surface area contributed by atoms with Crippen LogP contribution in [0.25, 0.3) is 0 Å². The Hall–Kier alpha value is -1.15. The number of halogens is 2. The third-order valence-corrected chi connectivity index (χ3v) is 5.05. The molecule has 2 aliphatic rings. The van der Waals surface area contributed by atoms with Gasteiger partial charge in [-0.1, -0.05) is 22.0 Å². The summed E-state index contributed by atoms with van der Waals surface area (Å²) >= 11 is 3.42. The summed E-state index contributed by atoms with van der Waals surface area (Å²) in [6.45, 7) is 6.01. The Bertz CT molecular complexity index is 610. The van der Waals surface area contributed by atoms with E-state index in [0.717, 1.165) is 42.9 Å². The molecule has 8 heteroatoms. The number of nitrogens with one attached hydrogen (secondary N) is 2. The Morgan fingerprint density at radius 2 is 2.08 bits per heavy atom. The predicted octanol–water partition coefficient (Wildman–Crippen LogP) is 1.25. The van der Waals surface area contributed by atoms with Gasteiger partial charge in [-0.05, 0) is 18.2 Å². The summed E-state index contributed by atoms with van der Waals surface area (Å²) in [6, 6.07) is 7.62. The summed E-state index contributed by atoms with van der Waals surface area (Å²) in [6.07, 6.45) is 0.284. The second kappa shape index (κ2) is 9.52. The molecule has 2 heterocycles. The first-order valence-corrected chi connectivity index (χ1v) is 9.19. The lowest BCUT2D eigenvalue weighted by Crippen LogP contribution is -2.46. The lowest BCUT2D eigenvalue weighted by Gasteiger charge is -2.27. The van der Waals surface area contributed by atoms with Crippen molar-refractivity contribution in [2.45, 2.75) is 6.42 Å². The number of hydrogen-bond donors (Lipinski definition) is 2. The van der Waals surface area contributed by atoms with Crippen molar-refractivity contribution in [1.29, 1.82) is 0 Å². The van der Waals surface area contributed by atoms with Gasteiger partial charge in [0.15, 0.2) is 0 Å². The second-order valence-electron chi connectivity index (χ2n) is 6.27. The molecule has 6 nitrogen and oxygen atoms in total. The van der Waals surface area contributed by atoms with E-state index in [1.165, 1.54) is 0 Å². The predicted molar refractivity (Wildman–Crippen MR) is 104 cm³/mol. The number of carbonyl (C=O) groups is 2. The molecule has 138 valence electrons. The van der Waals surface area contributed by atoms with E-state index in [0.29, 0.717) is 13.1 Å². The number of carbonyl (C=O) groups excluding carboxylic acids is 2. The van der Waals surface area contributed by atoms with E-state index in [4.69, 9.17) is 0 Å². The molecule has 1 aromatic carbocycles. The maximum atomic E-state index is 12.3. The van der Waals surface area contributed by atoms with Crippen molar-refractivity contribution in [1.82, 2.24) is 15.5 Å². The van der Waals surface area contributed by atoms with Crippen molar-refractivity contribution in [2.24, 2.45) is 5.92 Å². The van der Waals surface area contributed by atoms with Gasteiger partial charge >= 0.3 is 0 Å². The van der Waals surface area contributed by atoms with Gasteiger partial charge < -0.3 is 15.5 Å². The van der Waals surface area contributed by atoms with Crippen molar-refractivity contribution in [3.8, 4) is 0 Å². The summed E-state index contributed by atoms with van der Waals surface area (Å²) in [5.41, 5.74) is 0.838. The van der Waals surface area contributed by atoms with Gasteiger partial charge in [0.2, 0.25) is 11.8 Å². The summed E-state index contributed by atoms with van der Waals surface area (Å²) in [4.78, 5) is 28.6. The molecule has 2 fully saturated rings. The minimum absolute atomic E-state index is 0. The topological polar surface area (TPSA) is 64.7 Å². The highest BCUT2D eigenvalue weighted by Gasteiger charge is 2.35. The lowest BCUT2D eigenvalue weighted by molar-refractivity contribution is -0.126. The van der Waals surface area contributed by atoms with Crippen molar-refractivity contribution in [3.63, 3.8) is 0 Å². The van der Waals surface area contributed by atoms with Crippen molar-refractivity contribution in [2.75, 3.05) is 50.7 Å². The zero-order chi connectivity index (χ0) is 16.9. The average molecular weight is 432 g/mol. The monoisotopic (exact) mass is 430 g/mol. The first kappa shape index (κ1) is 20.2. The van der Waals surface area contributed by atoms with Gasteiger partial charge in [0.1, 0.15) is 0 Å². The number of amides is 2. The first-order chi connectivity index (χ1) is 11.6. The fourth-order valence-electron chi connectivity index (χ4n) is 3.19. The Morgan fingerprint density at radius 3 is 2.80 bits per heavy atom. The smallest absolute Gasteiger partial charge is 0.227 e. The first-order valence-electron chi connectivity index (χ1n) is 8.40. The SMILES string of the molecule is Cl.O=C(NCCN1CCNCC1)C1CC(=O)N(c2cccc(Br)c2)C1. The third kappa shape index (κ3) is 5.41. The molecule has 2 saturated heterocycles. The highest BCUT2D eigenvalue weighted by molar-refractivity contribution is 9.10. The van der Waals surface area contributed by atoms with Crippen LogP contribution >= 0.6 is 28.3 Å². The van der Waals surface area contributed by atoms with E-state index in [1.54, 1.807) is 4.90 Å². The molecule has 1 aromatic rings. The van der Waals surface area contributed by atoms with Crippen molar-refractivity contribution in [3.05, 3.63) is 28.7 Å².